The van der Waals surface area contributed by atoms with Gasteiger partial charge in [0.1, 0.15) is 0 Å². The van der Waals surface area contributed by atoms with Crippen LogP contribution in [0.5, 0.6) is 0 Å². The number of hydrogen-bond acceptors (Lipinski definition) is 4. The van der Waals surface area contributed by atoms with Gasteiger partial charge in [0.25, 0.3) is 0 Å². The molecule has 28 heavy (non-hydrogen) atoms. The molecule has 5 nitrogen and oxygen atoms in total. The summed E-state index contributed by atoms with van der Waals surface area (Å²) in [5.74, 6) is -0.0145. The molecule has 0 saturated heterocycles. The molecule has 1 aliphatic carbocycles. The quantitative estimate of drug-likeness (QED) is 0.766. The number of methoxy groups -OCH3 is 1. The summed E-state index contributed by atoms with van der Waals surface area (Å²) in [5.41, 5.74) is 4.63. The maximum absolute atomic E-state index is 12.1. The molecule has 0 bridgehead atoms. The Morgan fingerprint density at radius 1 is 1.14 bits per heavy atom. The second-order valence-electron chi connectivity index (χ2n) is 8.50. The van der Waals surface area contributed by atoms with E-state index in [0.29, 0.717) is 5.56 Å². The Bertz CT molecular complexity index is 931. The van der Waals surface area contributed by atoms with Crippen molar-refractivity contribution in [2.75, 3.05) is 17.7 Å². The van der Waals surface area contributed by atoms with E-state index in [9.17, 15) is 9.59 Å². The Labute approximate surface area is 165 Å². The summed E-state index contributed by atoms with van der Waals surface area (Å²) in [5, 5.41) is 6.68. The summed E-state index contributed by atoms with van der Waals surface area (Å²) in [7, 11) is 1.40. The van der Waals surface area contributed by atoms with E-state index in [4.69, 9.17) is 4.74 Å². The number of esters is 1. The molecule has 146 valence electrons. The first-order valence-electron chi connectivity index (χ1n) is 9.76. The van der Waals surface area contributed by atoms with E-state index < -0.39 is 0 Å². The normalized spacial score (nSPS) is 19.9. The van der Waals surface area contributed by atoms with Gasteiger partial charge in [-0.2, -0.15) is 0 Å². The summed E-state index contributed by atoms with van der Waals surface area (Å²) in [6.07, 6.45) is 2.82. The zero-order valence-corrected chi connectivity index (χ0v) is 16.5. The lowest BCUT2D eigenvalue weighted by atomic mass is 9.72. The number of ether oxygens (including phenoxy) is 1. The van der Waals surface area contributed by atoms with Crippen LogP contribution in [0.4, 0.5) is 11.4 Å². The molecule has 2 aliphatic rings. The molecule has 1 atom stereocenters. The number of rotatable bonds is 4. The summed E-state index contributed by atoms with van der Waals surface area (Å²) in [4.78, 5) is 23.9. The lowest BCUT2D eigenvalue weighted by Gasteiger charge is -2.41. The molecule has 1 amide bonds. The van der Waals surface area contributed by atoms with Crippen LogP contribution in [0.15, 0.2) is 42.5 Å². The van der Waals surface area contributed by atoms with Crippen LogP contribution < -0.4 is 10.6 Å². The summed E-state index contributed by atoms with van der Waals surface area (Å²) >= 11 is 0. The van der Waals surface area contributed by atoms with Gasteiger partial charge in [-0.25, -0.2) is 4.79 Å². The highest BCUT2D eigenvalue weighted by Crippen LogP contribution is 2.45. The van der Waals surface area contributed by atoms with E-state index in [1.165, 1.54) is 7.11 Å². The number of anilines is 2. The minimum Gasteiger partial charge on any atom is -0.465 e. The monoisotopic (exact) mass is 378 g/mol. The third kappa shape index (κ3) is 3.61. The second kappa shape index (κ2) is 6.97. The number of nitrogens with one attached hydrogen (secondary N) is 2. The first-order chi connectivity index (χ1) is 13.4. The van der Waals surface area contributed by atoms with Gasteiger partial charge in [0.15, 0.2) is 0 Å². The fourth-order valence-electron chi connectivity index (χ4n) is 3.99. The summed E-state index contributed by atoms with van der Waals surface area (Å²) < 4.78 is 4.84. The van der Waals surface area contributed by atoms with Crippen molar-refractivity contribution in [1.29, 1.82) is 0 Å². The van der Waals surface area contributed by atoms with E-state index >= 15 is 0 Å². The molecule has 1 unspecified atom stereocenters. The van der Waals surface area contributed by atoms with Crippen LogP contribution in [0.3, 0.4) is 0 Å². The van der Waals surface area contributed by atoms with Crippen molar-refractivity contribution in [3.05, 3.63) is 59.2 Å². The Kier molecular flexibility index (Phi) is 4.61. The fraction of sp³-hybridized carbons (Fsp3) is 0.391. The molecule has 4 rings (SSSR count). The zero-order valence-electron chi connectivity index (χ0n) is 16.5. The highest BCUT2D eigenvalue weighted by atomic mass is 16.5. The molecule has 2 N–H and O–H groups in total. The van der Waals surface area contributed by atoms with Crippen molar-refractivity contribution < 1.29 is 14.3 Å². The Hall–Kier alpha value is -2.82. The third-order valence-corrected chi connectivity index (χ3v) is 5.69. The molecule has 0 aromatic heterocycles. The van der Waals surface area contributed by atoms with Crippen molar-refractivity contribution in [3.8, 4) is 0 Å². The number of fused-ring (bicyclic) bond motifs is 1. The molecule has 1 saturated carbocycles. The van der Waals surface area contributed by atoms with Gasteiger partial charge in [-0.15, -0.1) is 0 Å². The van der Waals surface area contributed by atoms with Crippen molar-refractivity contribution >= 4 is 23.3 Å². The lowest BCUT2D eigenvalue weighted by molar-refractivity contribution is -0.117. The van der Waals surface area contributed by atoms with Gasteiger partial charge in [-0.1, -0.05) is 26.0 Å². The number of hydrogen-bond donors (Lipinski definition) is 2. The number of amides is 1. The van der Waals surface area contributed by atoms with Gasteiger partial charge in [0.05, 0.1) is 18.7 Å². The largest absolute Gasteiger partial charge is 0.465 e. The Morgan fingerprint density at radius 2 is 1.93 bits per heavy atom. The summed E-state index contributed by atoms with van der Waals surface area (Å²) in [6.45, 7) is 4.43. The van der Waals surface area contributed by atoms with Crippen LogP contribution in [0.2, 0.25) is 0 Å². The predicted molar refractivity (Wildman–Crippen MR) is 109 cm³/mol. The minimum absolute atomic E-state index is 0.0686. The third-order valence-electron chi connectivity index (χ3n) is 5.69. The average Bonchev–Trinajstić information content (AvgIpc) is 3.51. The highest BCUT2D eigenvalue weighted by molar-refractivity contribution is 5.94. The molecule has 5 heteroatoms. The maximum Gasteiger partial charge on any atom is 0.337 e. The molecule has 2 aromatic rings. The number of carbonyl (C=O) groups is 2. The van der Waals surface area contributed by atoms with Crippen LogP contribution in [-0.4, -0.2) is 19.0 Å². The Balaban J connectivity index is 1.60. The average molecular weight is 378 g/mol. The van der Waals surface area contributed by atoms with Crippen LogP contribution in [0, 0.1) is 11.3 Å². The standard InChI is InChI=1S/C23H26N2O3/c1-23(2)13-17-11-16(22(27)28-3)9-10-19(17)25-20(23)15-5-4-6-18(12-15)24-21(26)14-7-8-14/h4-6,9-12,14,20,25H,7-8,13H2,1-3H3,(H,24,26). The van der Waals surface area contributed by atoms with Crippen molar-refractivity contribution in [2.45, 2.75) is 39.2 Å². The molecule has 0 spiro atoms. The van der Waals surface area contributed by atoms with E-state index in [1.54, 1.807) is 6.07 Å². The number of carbonyl (C=O) groups excluding carboxylic acids is 2. The summed E-state index contributed by atoms with van der Waals surface area (Å²) in [6, 6.07) is 13.8. The van der Waals surface area contributed by atoms with E-state index in [1.807, 2.05) is 24.3 Å². The van der Waals surface area contributed by atoms with E-state index in [-0.39, 0.29) is 29.3 Å². The number of benzene rings is 2. The molecule has 1 heterocycles. The molecule has 1 aliphatic heterocycles. The first kappa shape index (κ1) is 18.5. The van der Waals surface area contributed by atoms with Crippen LogP contribution in [0.1, 0.15) is 54.2 Å². The SMILES string of the molecule is COC(=O)c1ccc2c(c1)CC(C)(C)C(c1cccc(NC(=O)C3CC3)c1)N2. The van der Waals surface area contributed by atoms with Gasteiger partial charge in [0.2, 0.25) is 5.91 Å². The first-order valence-corrected chi connectivity index (χ1v) is 9.76. The van der Waals surface area contributed by atoms with E-state index in [0.717, 1.165) is 41.8 Å². The highest BCUT2D eigenvalue weighted by Gasteiger charge is 2.36. The fourth-order valence-corrected chi connectivity index (χ4v) is 3.99. The molecule has 2 aromatic carbocycles. The second-order valence-corrected chi connectivity index (χ2v) is 8.50. The topological polar surface area (TPSA) is 67.4 Å². The molecule has 0 radical (unpaired) electrons. The molecular weight excluding hydrogens is 352 g/mol. The van der Waals surface area contributed by atoms with Crippen LogP contribution >= 0.6 is 0 Å². The van der Waals surface area contributed by atoms with E-state index in [2.05, 4.69) is 36.6 Å². The smallest absolute Gasteiger partial charge is 0.337 e. The van der Waals surface area contributed by atoms with Gasteiger partial charge in [-0.3, -0.25) is 4.79 Å². The van der Waals surface area contributed by atoms with Crippen molar-refractivity contribution in [1.82, 2.24) is 0 Å². The van der Waals surface area contributed by atoms with Gasteiger partial charge < -0.3 is 15.4 Å². The molecule has 1 fully saturated rings. The van der Waals surface area contributed by atoms with Gasteiger partial charge in [-0.05, 0) is 66.1 Å². The van der Waals surface area contributed by atoms with Crippen LogP contribution in [0.25, 0.3) is 0 Å². The van der Waals surface area contributed by atoms with Crippen LogP contribution in [-0.2, 0) is 16.0 Å². The van der Waals surface area contributed by atoms with Crippen molar-refractivity contribution in [3.63, 3.8) is 0 Å². The van der Waals surface area contributed by atoms with Crippen molar-refractivity contribution in [2.24, 2.45) is 11.3 Å². The minimum atomic E-state index is -0.318. The molecular formula is C23H26N2O3. The Morgan fingerprint density at radius 3 is 2.64 bits per heavy atom. The van der Waals surface area contributed by atoms with Gasteiger partial charge >= 0.3 is 5.97 Å². The van der Waals surface area contributed by atoms with Gasteiger partial charge in [0, 0.05) is 17.3 Å². The maximum atomic E-state index is 12.1. The zero-order chi connectivity index (χ0) is 19.9. The lowest BCUT2D eigenvalue weighted by Crippen LogP contribution is -2.35. The predicted octanol–water partition coefficient (Wildman–Crippen LogP) is 4.56.